The number of ether oxygens (including phenoxy) is 1. The Kier molecular flexibility index (Phi) is 6.45. The molecule has 2 aromatic rings. The molecule has 0 amide bonds. The SMILES string of the molecule is CCOC(=O)/C=C/C=C(c1ccc(Cl)cc1)c1ccc(Cl)cc1. The van der Waals surface area contributed by atoms with Crippen molar-refractivity contribution < 1.29 is 9.53 Å². The van der Waals surface area contributed by atoms with Crippen molar-refractivity contribution in [1.82, 2.24) is 0 Å². The largest absolute Gasteiger partial charge is 0.463 e. The van der Waals surface area contributed by atoms with E-state index < -0.39 is 0 Å². The van der Waals surface area contributed by atoms with Crippen LogP contribution in [-0.2, 0) is 9.53 Å². The van der Waals surface area contributed by atoms with E-state index in [9.17, 15) is 4.79 Å². The highest BCUT2D eigenvalue weighted by Crippen LogP contribution is 2.26. The summed E-state index contributed by atoms with van der Waals surface area (Å²) >= 11 is 11.9. The topological polar surface area (TPSA) is 26.3 Å². The third-order valence-corrected chi connectivity index (χ3v) is 3.60. The van der Waals surface area contributed by atoms with Crippen LogP contribution in [0.4, 0.5) is 0 Å². The molecule has 0 heterocycles. The van der Waals surface area contributed by atoms with Gasteiger partial charge in [-0.25, -0.2) is 4.79 Å². The van der Waals surface area contributed by atoms with Crippen LogP contribution in [0.1, 0.15) is 18.1 Å². The maximum Gasteiger partial charge on any atom is 0.330 e. The number of halogens is 2. The van der Waals surface area contributed by atoms with Crippen LogP contribution >= 0.6 is 23.2 Å². The molecule has 118 valence electrons. The molecule has 0 aliphatic carbocycles. The third kappa shape index (κ3) is 5.27. The normalized spacial score (nSPS) is 10.6. The van der Waals surface area contributed by atoms with Gasteiger partial charge in [-0.15, -0.1) is 0 Å². The first-order valence-electron chi connectivity index (χ1n) is 7.17. The molecule has 0 atom stereocenters. The number of carbonyl (C=O) groups is 1. The number of benzene rings is 2. The number of hydrogen-bond donors (Lipinski definition) is 0. The third-order valence-electron chi connectivity index (χ3n) is 3.09. The van der Waals surface area contributed by atoms with Crippen molar-refractivity contribution >= 4 is 34.7 Å². The number of carbonyl (C=O) groups excluding carboxylic acids is 1. The van der Waals surface area contributed by atoms with E-state index in [-0.39, 0.29) is 5.97 Å². The van der Waals surface area contributed by atoms with Crippen molar-refractivity contribution in [2.45, 2.75) is 6.92 Å². The molecule has 0 saturated heterocycles. The van der Waals surface area contributed by atoms with Crippen molar-refractivity contribution in [3.8, 4) is 0 Å². The minimum Gasteiger partial charge on any atom is -0.463 e. The van der Waals surface area contributed by atoms with Crippen molar-refractivity contribution in [3.05, 3.63) is 87.9 Å². The second-order valence-corrected chi connectivity index (χ2v) is 5.58. The van der Waals surface area contributed by atoms with E-state index >= 15 is 0 Å². The minimum absolute atomic E-state index is 0.355. The van der Waals surface area contributed by atoms with Crippen molar-refractivity contribution in [1.29, 1.82) is 0 Å². The molecule has 2 rings (SSSR count). The lowest BCUT2D eigenvalue weighted by Crippen LogP contribution is -1.98. The molecular formula is C19H16Cl2O2. The van der Waals surface area contributed by atoms with Gasteiger partial charge in [0.25, 0.3) is 0 Å². The van der Waals surface area contributed by atoms with Crippen LogP contribution in [0.25, 0.3) is 5.57 Å². The molecule has 0 unspecified atom stereocenters. The van der Waals surface area contributed by atoms with Crippen LogP contribution in [0.5, 0.6) is 0 Å². The first kappa shape index (κ1) is 17.3. The lowest BCUT2D eigenvalue weighted by atomic mass is 9.97. The van der Waals surface area contributed by atoms with Gasteiger partial charge in [-0.05, 0) is 47.9 Å². The van der Waals surface area contributed by atoms with Gasteiger partial charge in [0.05, 0.1) is 6.61 Å². The first-order chi connectivity index (χ1) is 11.1. The Morgan fingerprint density at radius 1 is 0.957 bits per heavy atom. The summed E-state index contributed by atoms with van der Waals surface area (Å²) in [7, 11) is 0. The van der Waals surface area contributed by atoms with Gasteiger partial charge in [0.2, 0.25) is 0 Å². The molecule has 2 aromatic carbocycles. The number of esters is 1. The average Bonchev–Trinajstić information content (AvgIpc) is 2.54. The maximum atomic E-state index is 11.4. The number of allylic oxidation sites excluding steroid dienone is 2. The van der Waals surface area contributed by atoms with Crippen LogP contribution in [-0.4, -0.2) is 12.6 Å². The summed E-state index contributed by atoms with van der Waals surface area (Å²) < 4.78 is 4.88. The molecule has 23 heavy (non-hydrogen) atoms. The fourth-order valence-corrected chi connectivity index (χ4v) is 2.28. The van der Waals surface area contributed by atoms with Gasteiger partial charge >= 0.3 is 5.97 Å². The van der Waals surface area contributed by atoms with Gasteiger partial charge in [0.15, 0.2) is 0 Å². The van der Waals surface area contributed by atoms with E-state index in [0.717, 1.165) is 16.7 Å². The lowest BCUT2D eigenvalue weighted by molar-refractivity contribution is -0.137. The molecular weight excluding hydrogens is 331 g/mol. The summed E-state index contributed by atoms with van der Waals surface area (Å²) in [5.74, 6) is -0.365. The molecule has 0 aromatic heterocycles. The Morgan fingerprint density at radius 3 is 1.87 bits per heavy atom. The molecule has 0 aliphatic rings. The highest BCUT2D eigenvalue weighted by atomic mass is 35.5. The fraction of sp³-hybridized carbons (Fsp3) is 0.105. The van der Waals surface area contributed by atoms with Crippen LogP contribution in [0.15, 0.2) is 66.8 Å². The standard InChI is InChI=1S/C19H16Cl2O2/c1-2-23-19(22)5-3-4-18(14-6-10-16(20)11-7-14)15-8-12-17(21)13-9-15/h3-13H,2H2,1H3/b5-3+. The lowest BCUT2D eigenvalue weighted by Gasteiger charge is -2.08. The number of rotatable bonds is 5. The van der Waals surface area contributed by atoms with Gasteiger partial charge in [-0.2, -0.15) is 0 Å². The van der Waals surface area contributed by atoms with Gasteiger partial charge in [-0.1, -0.05) is 59.6 Å². The molecule has 2 nitrogen and oxygen atoms in total. The quantitative estimate of drug-likeness (QED) is 0.403. The maximum absolute atomic E-state index is 11.4. The Morgan fingerprint density at radius 2 is 1.43 bits per heavy atom. The van der Waals surface area contributed by atoms with E-state index in [2.05, 4.69) is 0 Å². The summed E-state index contributed by atoms with van der Waals surface area (Å²) in [6, 6.07) is 15.0. The van der Waals surface area contributed by atoms with Gasteiger partial charge in [-0.3, -0.25) is 0 Å². The van der Waals surface area contributed by atoms with Gasteiger partial charge < -0.3 is 4.74 Å². The Hall–Kier alpha value is -2.03. The van der Waals surface area contributed by atoms with Gasteiger partial charge in [0, 0.05) is 16.1 Å². The van der Waals surface area contributed by atoms with Crippen LogP contribution in [0.3, 0.4) is 0 Å². The van der Waals surface area contributed by atoms with Crippen molar-refractivity contribution in [2.75, 3.05) is 6.61 Å². The van der Waals surface area contributed by atoms with E-state index in [1.54, 1.807) is 13.0 Å². The van der Waals surface area contributed by atoms with E-state index in [1.807, 2.05) is 54.6 Å². The van der Waals surface area contributed by atoms with Gasteiger partial charge in [0.1, 0.15) is 0 Å². The average molecular weight is 347 g/mol. The summed E-state index contributed by atoms with van der Waals surface area (Å²) in [4.78, 5) is 11.4. The van der Waals surface area contributed by atoms with Crippen LogP contribution < -0.4 is 0 Å². The predicted molar refractivity (Wildman–Crippen MR) is 95.8 cm³/mol. The minimum atomic E-state index is -0.365. The smallest absolute Gasteiger partial charge is 0.330 e. The Labute approximate surface area is 146 Å². The number of hydrogen-bond acceptors (Lipinski definition) is 2. The second-order valence-electron chi connectivity index (χ2n) is 4.71. The Bertz CT molecular complexity index is 667. The molecule has 0 saturated carbocycles. The molecule has 0 N–H and O–H groups in total. The highest BCUT2D eigenvalue weighted by Gasteiger charge is 2.05. The monoisotopic (exact) mass is 346 g/mol. The van der Waals surface area contributed by atoms with Crippen LogP contribution in [0.2, 0.25) is 10.0 Å². The highest BCUT2D eigenvalue weighted by molar-refractivity contribution is 6.31. The summed E-state index contributed by atoms with van der Waals surface area (Å²) in [6.07, 6.45) is 4.94. The Balaban J connectivity index is 2.36. The van der Waals surface area contributed by atoms with E-state index in [0.29, 0.717) is 16.7 Å². The molecule has 0 radical (unpaired) electrons. The van der Waals surface area contributed by atoms with Crippen LogP contribution in [0, 0.1) is 0 Å². The zero-order valence-electron chi connectivity index (χ0n) is 12.6. The summed E-state index contributed by atoms with van der Waals surface area (Å²) in [5.41, 5.74) is 2.94. The van der Waals surface area contributed by atoms with Crippen molar-refractivity contribution in [3.63, 3.8) is 0 Å². The molecule has 0 bridgehead atoms. The molecule has 0 spiro atoms. The molecule has 0 fully saturated rings. The molecule has 4 heteroatoms. The van der Waals surface area contributed by atoms with E-state index in [4.69, 9.17) is 27.9 Å². The second kappa shape index (κ2) is 8.56. The summed E-state index contributed by atoms with van der Waals surface area (Å²) in [6.45, 7) is 2.13. The summed E-state index contributed by atoms with van der Waals surface area (Å²) in [5, 5.41) is 1.34. The first-order valence-corrected chi connectivity index (χ1v) is 7.92. The zero-order chi connectivity index (χ0) is 16.7. The predicted octanol–water partition coefficient (Wildman–Crippen LogP) is 5.54. The molecule has 0 aliphatic heterocycles. The fourth-order valence-electron chi connectivity index (χ4n) is 2.03. The van der Waals surface area contributed by atoms with Crippen molar-refractivity contribution in [2.24, 2.45) is 0 Å². The zero-order valence-corrected chi connectivity index (χ0v) is 14.1. The van der Waals surface area contributed by atoms with E-state index in [1.165, 1.54) is 6.08 Å².